The summed E-state index contributed by atoms with van der Waals surface area (Å²) in [7, 11) is 2.99. The minimum absolute atomic E-state index is 0.00347. The van der Waals surface area contributed by atoms with Gasteiger partial charge in [0, 0.05) is 6.54 Å². The van der Waals surface area contributed by atoms with E-state index in [2.05, 4.69) is 11.2 Å². The monoisotopic (exact) mass is 235 g/mol. The SMILES string of the molecule is C#CC(C)NCc1cc(OC)c(O)c(OC)c1. The van der Waals surface area contributed by atoms with Gasteiger partial charge in [0.25, 0.3) is 0 Å². The van der Waals surface area contributed by atoms with Crippen molar-refractivity contribution in [3.05, 3.63) is 17.7 Å². The summed E-state index contributed by atoms with van der Waals surface area (Å²) in [5.74, 6) is 3.35. The van der Waals surface area contributed by atoms with Crippen LogP contribution >= 0.6 is 0 Å². The summed E-state index contributed by atoms with van der Waals surface area (Å²) in [4.78, 5) is 0. The predicted molar refractivity (Wildman–Crippen MR) is 66.3 cm³/mol. The van der Waals surface area contributed by atoms with Gasteiger partial charge in [-0.2, -0.15) is 0 Å². The molecule has 17 heavy (non-hydrogen) atoms. The van der Waals surface area contributed by atoms with E-state index in [9.17, 15) is 5.11 Å². The number of aromatic hydroxyl groups is 1. The van der Waals surface area contributed by atoms with Gasteiger partial charge in [-0.25, -0.2) is 0 Å². The summed E-state index contributed by atoms with van der Waals surface area (Å²) in [5.41, 5.74) is 0.929. The maximum atomic E-state index is 9.73. The Hall–Kier alpha value is -1.86. The van der Waals surface area contributed by atoms with E-state index in [0.717, 1.165) is 5.56 Å². The average molecular weight is 235 g/mol. The zero-order chi connectivity index (χ0) is 12.8. The Bertz CT molecular complexity index is 398. The molecule has 0 amide bonds. The third-order valence-corrected chi connectivity index (χ3v) is 2.40. The van der Waals surface area contributed by atoms with Crippen LogP contribution in [0.25, 0.3) is 0 Å². The van der Waals surface area contributed by atoms with E-state index in [0.29, 0.717) is 18.0 Å². The molecule has 0 radical (unpaired) electrons. The van der Waals surface area contributed by atoms with Gasteiger partial charge in [0.1, 0.15) is 0 Å². The summed E-state index contributed by atoms with van der Waals surface area (Å²) in [5, 5.41) is 12.9. The number of hydrogen-bond acceptors (Lipinski definition) is 4. The first-order chi connectivity index (χ1) is 8.12. The topological polar surface area (TPSA) is 50.7 Å². The van der Waals surface area contributed by atoms with Crippen LogP contribution in [0.3, 0.4) is 0 Å². The zero-order valence-corrected chi connectivity index (χ0v) is 10.3. The molecule has 0 saturated carbocycles. The van der Waals surface area contributed by atoms with Crippen LogP contribution in [-0.4, -0.2) is 25.4 Å². The molecule has 0 aliphatic rings. The minimum atomic E-state index is -0.0132. The van der Waals surface area contributed by atoms with Crippen molar-refractivity contribution in [2.24, 2.45) is 0 Å². The van der Waals surface area contributed by atoms with Crippen molar-refractivity contribution in [2.45, 2.75) is 19.5 Å². The summed E-state index contributed by atoms with van der Waals surface area (Å²) >= 11 is 0. The lowest BCUT2D eigenvalue weighted by Gasteiger charge is -2.12. The van der Waals surface area contributed by atoms with Crippen LogP contribution in [0, 0.1) is 12.3 Å². The third kappa shape index (κ3) is 3.30. The number of phenols is 1. The molecule has 1 atom stereocenters. The largest absolute Gasteiger partial charge is 0.502 e. The van der Waals surface area contributed by atoms with Gasteiger partial charge in [0.2, 0.25) is 5.75 Å². The minimum Gasteiger partial charge on any atom is -0.502 e. The van der Waals surface area contributed by atoms with Gasteiger partial charge >= 0.3 is 0 Å². The summed E-state index contributed by atoms with van der Waals surface area (Å²) in [6.07, 6.45) is 5.27. The lowest BCUT2D eigenvalue weighted by atomic mass is 10.1. The Kier molecular flexibility index (Phi) is 4.68. The lowest BCUT2D eigenvalue weighted by Crippen LogP contribution is -2.23. The number of nitrogens with one attached hydrogen (secondary N) is 1. The number of methoxy groups -OCH3 is 2. The van der Waals surface area contributed by atoms with E-state index in [1.807, 2.05) is 6.92 Å². The molecule has 0 fully saturated rings. The van der Waals surface area contributed by atoms with Crippen LogP contribution in [0.1, 0.15) is 12.5 Å². The zero-order valence-electron chi connectivity index (χ0n) is 10.3. The second-order valence-electron chi connectivity index (χ2n) is 3.62. The molecule has 92 valence electrons. The van der Waals surface area contributed by atoms with Gasteiger partial charge in [0.05, 0.1) is 20.3 Å². The van der Waals surface area contributed by atoms with Gasteiger partial charge in [-0.15, -0.1) is 6.42 Å². The van der Waals surface area contributed by atoms with Gasteiger partial charge in [-0.1, -0.05) is 5.92 Å². The standard InChI is InChI=1S/C13H17NO3/c1-5-9(2)14-8-10-6-11(16-3)13(15)12(7-10)17-4/h1,6-7,9,14-15H,8H2,2-4H3. The number of terminal acetylenes is 1. The van der Waals surface area contributed by atoms with Crippen LogP contribution in [-0.2, 0) is 6.54 Å². The fraction of sp³-hybridized carbons (Fsp3) is 0.385. The van der Waals surface area contributed by atoms with E-state index in [4.69, 9.17) is 15.9 Å². The third-order valence-electron chi connectivity index (χ3n) is 2.40. The Morgan fingerprint density at radius 1 is 1.35 bits per heavy atom. The summed E-state index contributed by atoms with van der Waals surface area (Å²) in [6, 6.07) is 3.48. The second-order valence-corrected chi connectivity index (χ2v) is 3.62. The Morgan fingerprint density at radius 2 is 1.88 bits per heavy atom. The first-order valence-corrected chi connectivity index (χ1v) is 5.25. The second kappa shape index (κ2) is 6.02. The molecule has 4 heteroatoms. The smallest absolute Gasteiger partial charge is 0.200 e. The highest BCUT2D eigenvalue weighted by Gasteiger charge is 2.11. The highest BCUT2D eigenvalue weighted by atomic mass is 16.5. The van der Waals surface area contributed by atoms with Crippen LogP contribution < -0.4 is 14.8 Å². The van der Waals surface area contributed by atoms with E-state index in [1.165, 1.54) is 14.2 Å². The molecule has 0 aromatic heterocycles. The molecular weight excluding hydrogens is 218 g/mol. The van der Waals surface area contributed by atoms with Crippen molar-refractivity contribution in [3.8, 4) is 29.6 Å². The number of benzene rings is 1. The Morgan fingerprint density at radius 3 is 2.29 bits per heavy atom. The van der Waals surface area contributed by atoms with Crippen molar-refractivity contribution in [3.63, 3.8) is 0 Å². The number of ether oxygens (including phenoxy) is 2. The molecule has 1 aromatic carbocycles. The molecule has 0 aliphatic carbocycles. The lowest BCUT2D eigenvalue weighted by molar-refractivity contribution is 0.339. The van der Waals surface area contributed by atoms with Crippen molar-refractivity contribution < 1.29 is 14.6 Å². The molecule has 1 rings (SSSR count). The van der Waals surface area contributed by atoms with Gasteiger partial charge in [-0.3, -0.25) is 5.32 Å². The Labute approximate surface area is 102 Å². The molecule has 0 spiro atoms. The summed E-state index contributed by atoms with van der Waals surface area (Å²) < 4.78 is 10.1. The number of hydrogen-bond donors (Lipinski definition) is 2. The van der Waals surface area contributed by atoms with Crippen LogP contribution in [0.15, 0.2) is 12.1 Å². The molecule has 0 aliphatic heterocycles. The van der Waals surface area contributed by atoms with Crippen molar-refractivity contribution in [1.82, 2.24) is 5.32 Å². The fourth-order valence-corrected chi connectivity index (χ4v) is 1.38. The van der Waals surface area contributed by atoms with E-state index in [-0.39, 0.29) is 11.8 Å². The predicted octanol–water partition coefficient (Wildman–Crippen LogP) is 1.52. The first kappa shape index (κ1) is 13.2. The Balaban J connectivity index is 2.90. The molecule has 4 nitrogen and oxygen atoms in total. The maximum absolute atomic E-state index is 9.73. The van der Waals surface area contributed by atoms with Crippen LogP contribution in [0.5, 0.6) is 17.2 Å². The molecule has 2 N–H and O–H groups in total. The molecular formula is C13H17NO3. The highest BCUT2D eigenvalue weighted by Crippen LogP contribution is 2.36. The van der Waals surface area contributed by atoms with Gasteiger partial charge in [-0.05, 0) is 24.6 Å². The van der Waals surface area contributed by atoms with Crippen LogP contribution in [0.4, 0.5) is 0 Å². The van der Waals surface area contributed by atoms with E-state index < -0.39 is 0 Å². The van der Waals surface area contributed by atoms with E-state index >= 15 is 0 Å². The highest BCUT2D eigenvalue weighted by molar-refractivity contribution is 5.52. The van der Waals surface area contributed by atoms with Crippen molar-refractivity contribution in [2.75, 3.05) is 14.2 Å². The fourth-order valence-electron chi connectivity index (χ4n) is 1.38. The molecule has 1 unspecified atom stereocenters. The first-order valence-electron chi connectivity index (χ1n) is 5.25. The molecule has 0 bridgehead atoms. The number of rotatable bonds is 5. The van der Waals surface area contributed by atoms with Crippen LogP contribution in [0.2, 0.25) is 0 Å². The van der Waals surface area contributed by atoms with Crippen molar-refractivity contribution >= 4 is 0 Å². The van der Waals surface area contributed by atoms with Gasteiger partial charge < -0.3 is 14.6 Å². The molecule has 1 aromatic rings. The normalized spacial score (nSPS) is 11.6. The number of phenolic OH excluding ortho intramolecular Hbond substituents is 1. The van der Waals surface area contributed by atoms with Crippen molar-refractivity contribution in [1.29, 1.82) is 0 Å². The van der Waals surface area contributed by atoms with Gasteiger partial charge in [0.15, 0.2) is 11.5 Å². The molecule has 0 heterocycles. The molecule has 0 saturated heterocycles. The quantitative estimate of drug-likeness (QED) is 0.760. The average Bonchev–Trinajstić information content (AvgIpc) is 2.36. The van der Waals surface area contributed by atoms with E-state index in [1.54, 1.807) is 12.1 Å². The summed E-state index contributed by atoms with van der Waals surface area (Å²) in [6.45, 7) is 2.48. The maximum Gasteiger partial charge on any atom is 0.200 e.